The molecule has 0 spiro atoms. The third kappa shape index (κ3) is 1.82. The van der Waals surface area contributed by atoms with Crippen molar-refractivity contribution < 1.29 is 9.59 Å². The van der Waals surface area contributed by atoms with Crippen LogP contribution in [-0.2, 0) is 0 Å². The summed E-state index contributed by atoms with van der Waals surface area (Å²) in [5.74, 6) is -0.625. The van der Waals surface area contributed by atoms with E-state index in [1.807, 2.05) is 0 Å². The highest BCUT2D eigenvalue weighted by atomic mass is 16.2. The molecule has 1 aromatic rings. The predicted octanol–water partition coefficient (Wildman–Crippen LogP) is 0.198. The second-order valence-electron chi connectivity index (χ2n) is 4.33. The molecule has 0 unspecified atom stereocenters. The standard InChI is InChI=1S/C12H10N6O3/c1-3-7(20)17-5-15-8-9-11(14-4-13-10(8)17)18(6(2)19)12(21)16-9/h4-5H,3H2,1-2H3. The van der Waals surface area contributed by atoms with E-state index in [0.717, 1.165) is 4.57 Å². The Bertz CT molecular complexity index is 909. The molecule has 0 fully saturated rings. The Hall–Kier alpha value is -2.97. The van der Waals surface area contributed by atoms with Crippen LogP contribution < -0.4 is 5.69 Å². The van der Waals surface area contributed by atoms with Gasteiger partial charge in [-0.1, -0.05) is 6.92 Å². The summed E-state index contributed by atoms with van der Waals surface area (Å²) in [4.78, 5) is 51.0. The molecule has 0 radical (unpaired) electrons. The van der Waals surface area contributed by atoms with Gasteiger partial charge in [0.05, 0.1) is 0 Å². The van der Waals surface area contributed by atoms with E-state index in [4.69, 9.17) is 0 Å². The zero-order valence-corrected chi connectivity index (χ0v) is 11.3. The molecule has 0 atom stereocenters. The first-order valence-corrected chi connectivity index (χ1v) is 6.19. The van der Waals surface area contributed by atoms with E-state index in [1.165, 1.54) is 24.1 Å². The molecule has 9 nitrogen and oxygen atoms in total. The van der Waals surface area contributed by atoms with Crippen LogP contribution >= 0.6 is 0 Å². The number of nitrogens with zero attached hydrogens (tertiary/aromatic N) is 6. The lowest BCUT2D eigenvalue weighted by Gasteiger charge is -1.96. The molecule has 3 heterocycles. The average Bonchev–Trinajstić information content (AvgIpc) is 2.95. The summed E-state index contributed by atoms with van der Waals surface area (Å²) in [6.45, 7) is 2.95. The van der Waals surface area contributed by atoms with Crippen LogP contribution in [0, 0.1) is 0 Å². The van der Waals surface area contributed by atoms with E-state index in [1.54, 1.807) is 6.92 Å². The first kappa shape index (κ1) is 13.0. The predicted molar refractivity (Wildman–Crippen MR) is 71.2 cm³/mol. The Balaban J connectivity index is 2.40. The Morgan fingerprint density at radius 3 is 2.67 bits per heavy atom. The fourth-order valence-electron chi connectivity index (χ4n) is 2.08. The van der Waals surface area contributed by atoms with Crippen LogP contribution in [0.2, 0.25) is 0 Å². The quantitative estimate of drug-likeness (QED) is 0.627. The molecule has 1 aromatic heterocycles. The Morgan fingerprint density at radius 1 is 1.24 bits per heavy atom. The smallest absolute Gasteiger partial charge is 0.274 e. The van der Waals surface area contributed by atoms with E-state index in [9.17, 15) is 14.4 Å². The maximum atomic E-state index is 11.8. The monoisotopic (exact) mass is 286 g/mol. The molecule has 3 rings (SSSR count). The van der Waals surface area contributed by atoms with Crippen molar-refractivity contribution >= 4 is 23.0 Å². The maximum absolute atomic E-state index is 11.8. The van der Waals surface area contributed by atoms with Crippen LogP contribution in [-0.4, -0.2) is 40.9 Å². The summed E-state index contributed by atoms with van der Waals surface area (Å²) in [6, 6.07) is 0. The van der Waals surface area contributed by atoms with Crippen LogP contribution in [0.1, 0.15) is 29.9 Å². The van der Waals surface area contributed by atoms with Gasteiger partial charge in [-0.05, 0) is 0 Å². The number of rotatable bonds is 1. The fraction of sp³-hybridized carbons (Fsp3) is 0.250. The zero-order chi connectivity index (χ0) is 15.1. The van der Waals surface area contributed by atoms with Gasteiger partial charge >= 0.3 is 5.69 Å². The van der Waals surface area contributed by atoms with Crippen molar-refractivity contribution in [2.24, 2.45) is 0 Å². The summed E-state index contributed by atoms with van der Waals surface area (Å²) in [7, 11) is 0. The minimum absolute atomic E-state index is 0.0733. The molecular weight excluding hydrogens is 276 g/mol. The van der Waals surface area contributed by atoms with Crippen molar-refractivity contribution in [3.8, 4) is 11.5 Å². The highest BCUT2D eigenvalue weighted by Gasteiger charge is 2.23. The molecule has 0 aromatic carbocycles. The largest absolute Gasteiger partial charge is 0.356 e. The van der Waals surface area contributed by atoms with Gasteiger partial charge in [-0.15, -0.1) is 0 Å². The van der Waals surface area contributed by atoms with Gasteiger partial charge in [-0.3, -0.25) is 14.2 Å². The summed E-state index contributed by atoms with van der Waals surface area (Å²) in [6.07, 6.45) is 2.77. The Kier molecular flexibility index (Phi) is 2.82. The summed E-state index contributed by atoms with van der Waals surface area (Å²) in [5, 5.41) is 0. The lowest BCUT2D eigenvalue weighted by molar-refractivity contribution is 0.0910. The lowest BCUT2D eigenvalue weighted by atomic mass is 10.3. The van der Waals surface area contributed by atoms with Crippen molar-refractivity contribution in [1.82, 2.24) is 29.1 Å². The number of imidazole rings is 2. The van der Waals surface area contributed by atoms with E-state index in [-0.39, 0.29) is 35.0 Å². The molecule has 0 bridgehead atoms. The molecule has 21 heavy (non-hydrogen) atoms. The molecule has 2 aliphatic rings. The van der Waals surface area contributed by atoms with Gasteiger partial charge < -0.3 is 0 Å². The van der Waals surface area contributed by atoms with Gasteiger partial charge in [0.25, 0.3) is 0 Å². The van der Waals surface area contributed by atoms with Crippen LogP contribution in [0.25, 0.3) is 22.7 Å². The first-order valence-electron chi connectivity index (χ1n) is 6.19. The molecule has 106 valence electrons. The number of aromatic nitrogens is 6. The molecular formula is C12H10N6O3. The molecule has 0 N–H and O–H groups in total. The second kappa shape index (κ2) is 4.54. The minimum Gasteiger partial charge on any atom is -0.274 e. The van der Waals surface area contributed by atoms with Crippen molar-refractivity contribution in [3.63, 3.8) is 0 Å². The molecule has 2 aliphatic heterocycles. The highest BCUT2D eigenvalue weighted by molar-refractivity contribution is 5.94. The SMILES string of the molecule is CCC(=O)n1cnc2c3nc(=O)n(C(C)=O)c-3ncnc21. The highest BCUT2D eigenvalue weighted by Crippen LogP contribution is 2.22. The van der Waals surface area contributed by atoms with Crippen molar-refractivity contribution in [3.05, 3.63) is 23.1 Å². The van der Waals surface area contributed by atoms with Gasteiger partial charge in [-0.2, -0.15) is 4.98 Å². The second-order valence-corrected chi connectivity index (χ2v) is 4.33. The van der Waals surface area contributed by atoms with Gasteiger partial charge in [-0.25, -0.2) is 24.3 Å². The lowest BCUT2D eigenvalue weighted by Crippen LogP contribution is -2.22. The fourth-order valence-corrected chi connectivity index (χ4v) is 2.08. The maximum Gasteiger partial charge on any atom is 0.356 e. The van der Waals surface area contributed by atoms with Crippen molar-refractivity contribution in [1.29, 1.82) is 0 Å². The van der Waals surface area contributed by atoms with Crippen LogP contribution in [0.5, 0.6) is 0 Å². The third-order valence-electron chi connectivity index (χ3n) is 3.04. The van der Waals surface area contributed by atoms with E-state index < -0.39 is 11.6 Å². The number of hydrogen-bond acceptors (Lipinski definition) is 7. The molecule has 0 aliphatic carbocycles. The minimum atomic E-state index is -0.728. The third-order valence-corrected chi connectivity index (χ3v) is 3.04. The summed E-state index contributed by atoms with van der Waals surface area (Å²) < 4.78 is 2.12. The van der Waals surface area contributed by atoms with Gasteiger partial charge in [0, 0.05) is 13.3 Å². The van der Waals surface area contributed by atoms with Crippen LogP contribution in [0.15, 0.2) is 17.4 Å². The first-order chi connectivity index (χ1) is 10.0. The van der Waals surface area contributed by atoms with Crippen LogP contribution in [0.3, 0.4) is 0 Å². The summed E-state index contributed by atoms with van der Waals surface area (Å²) in [5.41, 5.74) is -0.0850. The summed E-state index contributed by atoms with van der Waals surface area (Å²) >= 11 is 0. The van der Waals surface area contributed by atoms with Crippen molar-refractivity contribution in [2.45, 2.75) is 20.3 Å². The Labute approximate surface area is 117 Å². The van der Waals surface area contributed by atoms with Gasteiger partial charge in [0.15, 0.2) is 11.5 Å². The van der Waals surface area contributed by atoms with E-state index in [0.29, 0.717) is 0 Å². The average molecular weight is 286 g/mol. The number of fused-ring (bicyclic) bond motifs is 3. The molecule has 0 saturated carbocycles. The topological polar surface area (TPSA) is 113 Å². The number of carbonyl (C=O) groups excluding carboxylic acids is 2. The van der Waals surface area contributed by atoms with Crippen LogP contribution in [0.4, 0.5) is 0 Å². The molecule has 0 amide bonds. The molecule has 9 heteroatoms. The normalized spacial score (nSPS) is 11.1. The van der Waals surface area contributed by atoms with E-state index >= 15 is 0 Å². The van der Waals surface area contributed by atoms with Gasteiger partial charge in [0.2, 0.25) is 11.8 Å². The van der Waals surface area contributed by atoms with E-state index in [2.05, 4.69) is 19.9 Å². The van der Waals surface area contributed by atoms with Gasteiger partial charge in [0.1, 0.15) is 23.9 Å². The number of carbonyl (C=O) groups is 2. The zero-order valence-electron chi connectivity index (χ0n) is 11.3. The Morgan fingerprint density at radius 2 is 2.00 bits per heavy atom. The number of hydrogen-bond donors (Lipinski definition) is 0. The van der Waals surface area contributed by atoms with Crippen molar-refractivity contribution in [2.75, 3.05) is 0 Å². The molecule has 0 saturated heterocycles.